The molecule has 0 saturated heterocycles. The molecule has 234 valence electrons. The second-order valence-electron chi connectivity index (χ2n) is 10.3. The molecular formula is C28H43N5O9. The second-order valence-corrected chi connectivity index (χ2v) is 10.3. The quantitative estimate of drug-likeness (QED) is 0.112. The highest BCUT2D eigenvalue weighted by Crippen LogP contribution is 2.13. The number of carboxylic acid groups (broad SMARTS) is 2. The number of rotatable bonds is 18. The van der Waals surface area contributed by atoms with Crippen LogP contribution in [0.25, 0.3) is 0 Å². The van der Waals surface area contributed by atoms with E-state index in [1.807, 2.05) is 20.8 Å². The molecule has 14 nitrogen and oxygen atoms in total. The first kappa shape index (κ1) is 35.8. The van der Waals surface area contributed by atoms with Crippen LogP contribution in [0.5, 0.6) is 5.75 Å². The monoisotopic (exact) mass is 593 g/mol. The maximum Gasteiger partial charge on any atom is 0.326 e. The van der Waals surface area contributed by atoms with Crippen molar-refractivity contribution in [2.24, 2.45) is 17.6 Å². The number of benzene rings is 1. The standard InChI is InChI=1S/C28H43N5O9/c1-5-15(3)23(29)26(39)33-24(16(4)6-2)27(40)30-14-21(35)31-19(11-12-22(36)37)25(38)32-20(28(41)42)13-17-7-9-18(34)10-8-17/h7-10,15-16,19-20,23-24,34H,5-6,11-14,29H2,1-4H3,(H,30,40)(H,31,35)(H,32,38)(H,33,39)(H,36,37)(H,41,42)/t15-,16-,19-,20-,23-,24-/m0/s1. The van der Waals surface area contributed by atoms with Gasteiger partial charge in [-0.15, -0.1) is 0 Å². The van der Waals surface area contributed by atoms with Crippen LogP contribution in [0.1, 0.15) is 58.9 Å². The number of nitrogens with one attached hydrogen (secondary N) is 4. The summed E-state index contributed by atoms with van der Waals surface area (Å²) in [4.78, 5) is 74.0. The summed E-state index contributed by atoms with van der Waals surface area (Å²) >= 11 is 0. The fourth-order valence-electron chi connectivity index (χ4n) is 3.86. The Morgan fingerprint density at radius 2 is 1.40 bits per heavy atom. The van der Waals surface area contributed by atoms with Crippen LogP contribution in [0.2, 0.25) is 0 Å². The Kier molecular flexibility index (Phi) is 15.0. The maximum absolute atomic E-state index is 12.9. The lowest BCUT2D eigenvalue weighted by Gasteiger charge is -2.26. The Labute approximate surface area is 244 Å². The van der Waals surface area contributed by atoms with Crippen molar-refractivity contribution in [1.29, 1.82) is 0 Å². The van der Waals surface area contributed by atoms with E-state index in [0.29, 0.717) is 18.4 Å². The van der Waals surface area contributed by atoms with Crippen molar-refractivity contribution in [3.8, 4) is 5.75 Å². The Morgan fingerprint density at radius 1 is 0.810 bits per heavy atom. The lowest BCUT2D eigenvalue weighted by Crippen LogP contribution is -2.57. The molecule has 0 bridgehead atoms. The number of amides is 4. The summed E-state index contributed by atoms with van der Waals surface area (Å²) in [7, 11) is 0. The lowest BCUT2D eigenvalue weighted by atomic mass is 9.95. The first-order valence-electron chi connectivity index (χ1n) is 13.9. The summed E-state index contributed by atoms with van der Waals surface area (Å²) in [6, 6.07) is 1.06. The zero-order chi connectivity index (χ0) is 32.0. The van der Waals surface area contributed by atoms with Gasteiger partial charge in [-0.25, -0.2) is 4.79 Å². The fraction of sp³-hybridized carbons (Fsp3) is 0.571. The van der Waals surface area contributed by atoms with Gasteiger partial charge in [0.15, 0.2) is 0 Å². The van der Waals surface area contributed by atoms with E-state index < -0.39 is 72.7 Å². The molecule has 0 aliphatic carbocycles. The molecule has 0 saturated carbocycles. The van der Waals surface area contributed by atoms with E-state index in [9.17, 15) is 39.0 Å². The van der Waals surface area contributed by atoms with Crippen molar-refractivity contribution >= 4 is 35.6 Å². The van der Waals surface area contributed by atoms with E-state index in [-0.39, 0.29) is 30.4 Å². The predicted molar refractivity (Wildman–Crippen MR) is 152 cm³/mol. The van der Waals surface area contributed by atoms with Gasteiger partial charge in [0.2, 0.25) is 23.6 Å². The van der Waals surface area contributed by atoms with Crippen LogP contribution in [-0.2, 0) is 35.2 Å². The lowest BCUT2D eigenvalue weighted by molar-refractivity contribution is -0.143. The van der Waals surface area contributed by atoms with Gasteiger partial charge in [-0.1, -0.05) is 52.7 Å². The summed E-state index contributed by atoms with van der Waals surface area (Å²) in [5, 5.41) is 37.8. The van der Waals surface area contributed by atoms with Gasteiger partial charge in [0.1, 0.15) is 23.9 Å². The molecule has 0 fully saturated rings. The first-order valence-corrected chi connectivity index (χ1v) is 13.9. The van der Waals surface area contributed by atoms with Crippen LogP contribution >= 0.6 is 0 Å². The average molecular weight is 594 g/mol. The van der Waals surface area contributed by atoms with Crippen LogP contribution in [-0.4, -0.2) is 81.6 Å². The molecule has 1 aromatic rings. The molecule has 0 heterocycles. The zero-order valence-electron chi connectivity index (χ0n) is 24.4. The molecular weight excluding hydrogens is 550 g/mol. The minimum atomic E-state index is -1.41. The smallest absolute Gasteiger partial charge is 0.326 e. The normalized spacial score (nSPS) is 15.2. The summed E-state index contributed by atoms with van der Waals surface area (Å²) in [6.07, 6.45) is 0.218. The third kappa shape index (κ3) is 12.1. The number of carbonyl (C=O) groups excluding carboxylic acids is 4. The summed E-state index contributed by atoms with van der Waals surface area (Å²) < 4.78 is 0. The topological polar surface area (TPSA) is 237 Å². The summed E-state index contributed by atoms with van der Waals surface area (Å²) in [5.74, 6) is -5.93. The van der Waals surface area contributed by atoms with Crippen molar-refractivity contribution in [3.05, 3.63) is 29.8 Å². The fourth-order valence-corrected chi connectivity index (χ4v) is 3.86. The molecule has 4 amide bonds. The molecule has 0 aliphatic rings. The second kappa shape index (κ2) is 17.6. The number of aliphatic carboxylic acids is 2. The number of hydrogen-bond donors (Lipinski definition) is 8. The minimum absolute atomic E-state index is 0.0225. The van der Waals surface area contributed by atoms with Crippen molar-refractivity contribution < 1.29 is 44.1 Å². The number of nitrogens with two attached hydrogens (primary N) is 1. The minimum Gasteiger partial charge on any atom is -0.508 e. The summed E-state index contributed by atoms with van der Waals surface area (Å²) in [6.45, 7) is 6.69. The third-order valence-corrected chi connectivity index (χ3v) is 7.07. The molecule has 0 aliphatic heterocycles. The van der Waals surface area contributed by atoms with Crippen LogP contribution < -0.4 is 27.0 Å². The molecule has 0 unspecified atom stereocenters. The van der Waals surface area contributed by atoms with Gasteiger partial charge in [-0.2, -0.15) is 0 Å². The molecule has 9 N–H and O–H groups in total. The van der Waals surface area contributed by atoms with Gasteiger partial charge < -0.3 is 42.3 Å². The Hall–Kier alpha value is -4.20. The molecule has 6 atom stereocenters. The molecule has 14 heteroatoms. The summed E-state index contributed by atoms with van der Waals surface area (Å²) in [5.41, 5.74) is 6.49. The van der Waals surface area contributed by atoms with E-state index in [2.05, 4.69) is 21.3 Å². The first-order chi connectivity index (χ1) is 19.7. The third-order valence-electron chi connectivity index (χ3n) is 7.07. The van der Waals surface area contributed by atoms with Crippen LogP contribution in [0.4, 0.5) is 0 Å². The highest BCUT2D eigenvalue weighted by Gasteiger charge is 2.31. The van der Waals surface area contributed by atoms with Crippen molar-refractivity contribution in [1.82, 2.24) is 21.3 Å². The van der Waals surface area contributed by atoms with E-state index >= 15 is 0 Å². The molecule has 0 spiro atoms. The Morgan fingerprint density at radius 3 is 1.93 bits per heavy atom. The highest BCUT2D eigenvalue weighted by molar-refractivity contribution is 5.94. The molecule has 42 heavy (non-hydrogen) atoms. The Balaban J connectivity index is 2.91. The molecule has 1 aromatic carbocycles. The van der Waals surface area contributed by atoms with E-state index in [1.165, 1.54) is 24.3 Å². The van der Waals surface area contributed by atoms with Gasteiger partial charge in [0, 0.05) is 12.8 Å². The predicted octanol–water partition coefficient (Wildman–Crippen LogP) is -0.126. The zero-order valence-corrected chi connectivity index (χ0v) is 24.4. The van der Waals surface area contributed by atoms with Crippen molar-refractivity contribution in [2.45, 2.75) is 84.0 Å². The van der Waals surface area contributed by atoms with Gasteiger partial charge in [0.05, 0.1) is 12.6 Å². The Bertz CT molecular complexity index is 1100. The van der Waals surface area contributed by atoms with E-state index in [1.54, 1.807) is 6.92 Å². The molecule has 1 rings (SSSR count). The van der Waals surface area contributed by atoms with E-state index in [0.717, 1.165) is 0 Å². The number of carboxylic acids is 2. The number of phenolic OH excluding ortho intramolecular Hbond substituents is 1. The maximum atomic E-state index is 12.9. The van der Waals surface area contributed by atoms with Gasteiger partial charge in [0.25, 0.3) is 0 Å². The van der Waals surface area contributed by atoms with E-state index in [4.69, 9.17) is 10.8 Å². The average Bonchev–Trinajstić information content (AvgIpc) is 2.95. The largest absolute Gasteiger partial charge is 0.508 e. The number of hydrogen-bond acceptors (Lipinski definition) is 8. The molecule has 0 aromatic heterocycles. The number of carbonyl (C=O) groups is 6. The van der Waals surface area contributed by atoms with Crippen molar-refractivity contribution in [3.63, 3.8) is 0 Å². The van der Waals surface area contributed by atoms with Crippen LogP contribution in [0.3, 0.4) is 0 Å². The molecule has 0 radical (unpaired) electrons. The van der Waals surface area contributed by atoms with Gasteiger partial charge in [-0.3, -0.25) is 24.0 Å². The number of phenols is 1. The van der Waals surface area contributed by atoms with Crippen LogP contribution in [0, 0.1) is 11.8 Å². The van der Waals surface area contributed by atoms with Crippen LogP contribution in [0.15, 0.2) is 24.3 Å². The van der Waals surface area contributed by atoms with Gasteiger partial charge >= 0.3 is 11.9 Å². The van der Waals surface area contributed by atoms with Gasteiger partial charge in [-0.05, 0) is 36.0 Å². The number of aromatic hydroxyl groups is 1. The highest BCUT2D eigenvalue weighted by atomic mass is 16.4. The SMILES string of the molecule is CC[C@H](C)[C@H](N)C(=O)N[C@H](C(=O)NCC(=O)N[C@@H](CCC(=O)O)C(=O)N[C@@H](Cc1ccc(O)cc1)C(=O)O)[C@@H](C)CC. The van der Waals surface area contributed by atoms with Crippen molar-refractivity contribution in [2.75, 3.05) is 6.54 Å².